The molecule has 0 spiro atoms. The van der Waals surface area contributed by atoms with Crippen molar-refractivity contribution in [2.45, 2.75) is 27.2 Å². The number of aromatic nitrogens is 5. The third-order valence-corrected chi connectivity index (χ3v) is 4.76. The topological polar surface area (TPSA) is 114 Å². The Morgan fingerprint density at radius 3 is 2.67 bits per heavy atom. The lowest BCUT2D eigenvalue weighted by Crippen LogP contribution is -2.18. The number of aryl methyl sites for hydroxylation is 3. The Morgan fingerprint density at radius 1 is 1.17 bits per heavy atom. The Balaban J connectivity index is 1.50. The summed E-state index contributed by atoms with van der Waals surface area (Å²) in [5, 5.41) is 5.62. The molecule has 2 N–H and O–H groups in total. The molecule has 30 heavy (non-hydrogen) atoms. The van der Waals surface area contributed by atoms with Crippen LogP contribution in [0.3, 0.4) is 0 Å². The standard InChI is InChI=1S/C21H20N6O3/c1-12-9-15(30-21-22-7-4-8-23-21)5-6-17(12)25-19(28)10-16-13(2)24-18-11-20(29)26-27(18)14(16)3/h4-9,11H,10H2,1-3H3,(H,25,28)(H,26,29). The van der Waals surface area contributed by atoms with Crippen LogP contribution >= 0.6 is 0 Å². The average molecular weight is 404 g/mol. The Hall–Kier alpha value is -4.01. The number of hydrogen-bond donors (Lipinski definition) is 2. The van der Waals surface area contributed by atoms with Crippen LogP contribution < -0.4 is 15.6 Å². The number of nitrogens with one attached hydrogen (secondary N) is 2. The molecule has 0 atom stereocenters. The molecule has 0 saturated carbocycles. The van der Waals surface area contributed by atoms with Crippen LogP contribution in [0.25, 0.3) is 5.65 Å². The number of ether oxygens (including phenoxy) is 1. The summed E-state index contributed by atoms with van der Waals surface area (Å²) in [7, 11) is 0. The molecule has 0 fully saturated rings. The van der Waals surface area contributed by atoms with Crippen molar-refractivity contribution in [3.63, 3.8) is 0 Å². The van der Waals surface area contributed by atoms with Crippen molar-refractivity contribution in [2.24, 2.45) is 0 Å². The first-order chi connectivity index (χ1) is 14.4. The van der Waals surface area contributed by atoms with Gasteiger partial charge in [0, 0.05) is 41.1 Å². The molecule has 9 nitrogen and oxygen atoms in total. The fourth-order valence-corrected chi connectivity index (χ4v) is 3.25. The van der Waals surface area contributed by atoms with E-state index in [0.717, 1.165) is 16.8 Å². The van der Waals surface area contributed by atoms with Gasteiger partial charge >= 0.3 is 6.01 Å². The summed E-state index contributed by atoms with van der Waals surface area (Å²) in [6, 6.07) is 8.72. The molecule has 0 radical (unpaired) electrons. The highest BCUT2D eigenvalue weighted by Gasteiger charge is 2.15. The molecule has 4 rings (SSSR count). The summed E-state index contributed by atoms with van der Waals surface area (Å²) in [6.07, 6.45) is 3.34. The van der Waals surface area contributed by atoms with Gasteiger partial charge in [0.05, 0.1) is 6.42 Å². The number of amides is 1. The summed E-state index contributed by atoms with van der Waals surface area (Å²) in [5.41, 5.74) is 4.08. The number of aromatic amines is 1. The molecule has 0 bridgehead atoms. The molecule has 0 unspecified atom stereocenters. The Labute approximate surface area is 171 Å². The summed E-state index contributed by atoms with van der Waals surface area (Å²) < 4.78 is 7.21. The first kappa shape index (κ1) is 19.3. The van der Waals surface area contributed by atoms with E-state index in [9.17, 15) is 9.59 Å². The van der Waals surface area contributed by atoms with Gasteiger partial charge in [-0.15, -0.1) is 0 Å². The lowest BCUT2D eigenvalue weighted by atomic mass is 10.1. The third-order valence-electron chi connectivity index (χ3n) is 4.76. The van der Waals surface area contributed by atoms with E-state index in [1.807, 2.05) is 20.8 Å². The minimum atomic E-state index is -0.231. The molecular formula is C21H20N6O3. The molecule has 1 aromatic carbocycles. The van der Waals surface area contributed by atoms with Gasteiger partial charge in [-0.1, -0.05) is 0 Å². The molecular weight excluding hydrogens is 384 g/mol. The molecule has 0 aliphatic rings. The summed E-state index contributed by atoms with van der Waals surface area (Å²) in [5.74, 6) is 0.398. The van der Waals surface area contributed by atoms with E-state index < -0.39 is 0 Å². The van der Waals surface area contributed by atoms with E-state index >= 15 is 0 Å². The maximum Gasteiger partial charge on any atom is 0.321 e. The van der Waals surface area contributed by atoms with Crippen LogP contribution in [-0.4, -0.2) is 30.5 Å². The zero-order valence-electron chi connectivity index (χ0n) is 16.8. The monoisotopic (exact) mass is 404 g/mol. The Morgan fingerprint density at radius 2 is 1.93 bits per heavy atom. The molecule has 3 aromatic heterocycles. The normalized spacial score (nSPS) is 10.9. The highest BCUT2D eigenvalue weighted by atomic mass is 16.5. The molecule has 0 aliphatic heterocycles. The number of anilines is 1. The lowest BCUT2D eigenvalue weighted by molar-refractivity contribution is -0.115. The second-order valence-corrected chi connectivity index (χ2v) is 6.91. The minimum absolute atomic E-state index is 0.135. The predicted octanol–water partition coefficient (Wildman–Crippen LogP) is 2.71. The number of rotatable bonds is 5. The summed E-state index contributed by atoms with van der Waals surface area (Å²) in [4.78, 5) is 36.7. The molecule has 9 heteroatoms. The zero-order valence-corrected chi connectivity index (χ0v) is 16.8. The van der Waals surface area contributed by atoms with Gasteiger partial charge in [0.2, 0.25) is 5.91 Å². The van der Waals surface area contributed by atoms with Gasteiger partial charge in [-0.05, 0) is 50.6 Å². The molecule has 4 aromatic rings. The minimum Gasteiger partial charge on any atom is -0.424 e. The van der Waals surface area contributed by atoms with Crippen molar-refractivity contribution in [2.75, 3.05) is 5.32 Å². The van der Waals surface area contributed by atoms with E-state index in [-0.39, 0.29) is 23.9 Å². The zero-order chi connectivity index (χ0) is 21.3. The number of hydrogen-bond acceptors (Lipinski definition) is 6. The predicted molar refractivity (Wildman–Crippen MR) is 111 cm³/mol. The van der Waals surface area contributed by atoms with Gasteiger partial charge in [-0.3, -0.25) is 14.7 Å². The first-order valence-electron chi connectivity index (χ1n) is 9.34. The second kappa shape index (κ2) is 7.78. The van der Waals surface area contributed by atoms with Crippen LogP contribution in [-0.2, 0) is 11.2 Å². The van der Waals surface area contributed by atoms with E-state index in [4.69, 9.17) is 4.74 Å². The number of fused-ring (bicyclic) bond motifs is 1. The van der Waals surface area contributed by atoms with E-state index in [0.29, 0.717) is 22.8 Å². The smallest absolute Gasteiger partial charge is 0.321 e. The largest absolute Gasteiger partial charge is 0.424 e. The highest BCUT2D eigenvalue weighted by molar-refractivity contribution is 5.93. The second-order valence-electron chi connectivity index (χ2n) is 6.91. The van der Waals surface area contributed by atoms with E-state index in [2.05, 4.69) is 25.4 Å². The van der Waals surface area contributed by atoms with Crippen LogP contribution in [0.15, 0.2) is 47.5 Å². The van der Waals surface area contributed by atoms with Gasteiger partial charge in [0.1, 0.15) is 5.75 Å². The van der Waals surface area contributed by atoms with Crippen LogP contribution in [0.1, 0.15) is 22.5 Å². The quantitative estimate of drug-likeness (QED) is 0.529. The van der Waals surface area contributed by atoms with Crippen molar-refractivity contribution < 1.29 is 9.53 Å². The highest BCUT2D eigenvalue weighted by Crippen LogP contribution is 2.24. The Bertz CT molecular complexity index is 1290. The maximum atomic E-state index is 12.7. The molecule has 0 aliphatic carbocycles. The molecule has 152 valence electrons. The van der Waals surface area contributed by atoms with Crippen molar-refractivity contribution in [1.82, 2.24) is 24.6 Å². The van der Waals surface area contributed by atoms with Crippen molar-refractivity contribution in [3.8, 4) is 11.8 Å². The number of nitrogens with zero attached hydrogens (tertiary/aromatic N) is 4. The molecule has 3 heterocycles. The molecule has 0 saturated heterocycles. The van der Waals surface area contributed by atoms with Crippen LogP contribution in [0.2, 0.25) is 0 Å². The van der Waals surface area contributed by atoms with Crippen molar-refractivity contribution >= 4 is 17.2 Å². The van der Waals surface area contributed by atoms with Gasteiger partial charge in [0.15, 0.2) is 5.65 Å². The summed E-state index contributed by atoms with van der Waals surface area (Å²) in [6.45, 7) is 5.56. The van der Waals surface area contributed by atoms with Gasteiger partial charge < -0.3 is 10.1 Å². The van der Waals surface area contributed by atoms with Gasteiger partial charge in [0.25, 0.3) is 5.56 Å². The van der Waals surface area contributed by atoms with Crippen LogP contribution in [0.5, 0.6) is 11.8 Å². The SMILES string of the molecule is Cc1cc(Oc2ncccn2)ccc1NC(=O)Cc1c(C)nc2cc(=O)[nH]n2c1C. The van der Waals surface area contributed by atoms with Crippen LogP contribution in [0, 0.1) is 20.8 Å². The number of carbonyl (C=O) groups is 1. The van der Waals surface area contributed by atoms with Crippen molar-refractivity contribution in [3.05, 3.63) is 75.6 Å². The first-order valence-corrected chi connectivity index (χ1v) is 9.34. The fraction of sp³-hybridized carbons (Fsp3) is 0.190. The van der Waals surface area contributed by atoms with Crippen LogP contribution in [0.4, 0.5) is 5.69 Å². The van der Waals surface area contributed by atoms with Gasteiger partial charge in [-0.2, -0.15) is 0 Å². The fourth-order valence-electron chi connectivity index (χ4n) is 3.25. The third kappa shape index (κ3) is 3.90. The Kier molecular flexibility index (Phi) is 5.01. The lowest BCUT2D eigenvalue weighted by Gasteiger charge is -2.13. The summed E-state index contributed by atoms with van der Waals surface area (Å²) >= 11 is 0. The number of carbonyl (C=O) groups excluding carboxylic acids is 1. The van der Waals surface area contributed by atoms with E-state index in [1.165, 1.54) is 6.07 Å². The number of benzene rings is 1. The van der Waals surface area contributed by atoms with Gasteiger partial charge in [-0.25, -0.2) is 19.5 Å². The molecule has 1 amide bonds. The average Bonchev–Trinajstić information content (AvgIpc) is 3.08. The van der Waals surface area contributed by atoms with Crippen molar-refractivity contribution in [1.29, 1.82) is 0 Å². The number of H-pyrrole nitrogens is 1. The maximum absolute atomic E-state index is 12.7. The van der Waals surface area contributed by atoms with E-state index in [1.54, 1.807) is 41.2 Å².